The van der Waals surface area contributed by atoms with Crippen LogP contribution >= 0.6 is 23.2 Å². The summed E-state index contributed by atoms with van der Waals surface area (Å²) in [7, 11) is 0. The van der Waals surface area contributed by atoms with Gasteiger partial charge in [0, 0.05) is 23.1 Å². The third-order valence-electron chi connectivity index (χ3n) is 3.89. The summed E-state index contributed by atoms with van der Waals surface area (Å²) in [5.74, 6) is 0. The average molecular weight is 335 g/mol. The van der Waals surface area contributed by atoms with Crippen molar-refractivity contribution in [2.24, 2.45) is 0 Å². The molecule has 1 saturated heterocycles. The Hall–Kier alpha value is -1.06. The van der Waals surface area contributed by atoms with Crippen molar-refractivity contribution in [2.75, 3.05) is 13.1 Å². The summed E-state index contributed by atoms with van der Waals surface area (Å²) in [4.78, 5) is 0. The van der Waals surface area contributed by atoms with Crippen LogP contribution in [-0.2, 0) is 4.74 Å². The first-order chi connectivity index (χ1) is 10.7. The second kappa shape index (κ2) is 7.47. The van der Waals surface area contributed by atoms with Gasteiger partial charge in [0.2, 0.25) is 0 Å². The first-order valence-corrected chi connectivity index (χ1v) is 8.27. The topological polar surface area (TPSA) is 23.3 Å². The molecule has 2 nitrogen and oxygen atoms in total. The average Bonchev–Trinajstić information content (AvgIpc) is 2.56. The number of halogens is 2. The summed E-state index contributed by atoms with van der Waals surface area (Å²) in [5, 5.41) is 5.85. The van der Waals surface area contributed by atoms with E-state index in [2.05, 4.69) is 5.32 Å². The van der Waals surface area contributed by atoms with E-state index in [0.717, 1.165) is 47.1 Å². The van der Waals surface area contributed by atoms with Gasteiger partial charge in [0.1, 0.15) is 6.10 Å². The monoisotopic (exact) mass is 334 g/mol. The minimum absolute atomic E-state index is 0.0994. The van der Waals surface area contributed by atoms with Crippen molar-refractivity contribution in [3.63, 3.8) is 0 Å². The fourth-order valence-corrected chi connectivity index (χ4v) is 2.93. The van der Waals surface area contributed by atoms with Crippen LogP contribution in [-0.4, -0.2) is 19.2 Å². The number of rotatable bonds is 4. The molecule has 0 spiro atoms. The highest BCUT2D eigenvalue weighted by Crippen LogP contribution is 2.31. The maximum Gasteiger partial charge on any atom is 0.108 e. The van der Waals surface area contributed by atoms with Crippen LogP contribution in [0, 0.1) is 0 Å². The van der Waals surface area contributed by atoms with Gasteiger partial charge in [0.25, 0.3) is 0 Å². The summed E-state index contributed by atoms with van der Waals surface area (Å²) in [6, 6.07) is 15.7. The molecule has 2 aromatic rings. The molecule has 0 N–H and O–H groups in total. The summed E-state index contributed by atoms with van der Waals surface area (Å²) in [5.41, 5.74) is 2.21. The number of ether oxygens (including phenoxy) is 1. The van der Waals surface area contributed by atoms with Gasteiger partial charge in [-0.2, -0.15) is 0 Å². The number of hydrogen-bond donors (Lipinski definition) is 0. The first-order valence-electron chi connectivity index (χ1n) is 7.52. The van der Waals surface area contributed by atoms with Gasteiger partial charge in [-0.25, -0.2) is 5.32 Å². The molecule has 0 saturated carbocycles. The zero-order valence-electron chi connectivity index (χ0n) is 12.2. The Kier molecular flexibility index (Phi) is 5.37. The largest absolute Gasteiger partial charge is 0.365 e. The van der Waals surface area contributed by atoms with E-state index >= 15 is 0 Å². The van der Waals surface area contributed by atoms with Crippen LogP contribution in [0.2, 0.25) is 10.0 Å². The predicted octanol–water partition coefficient (Wildman–Crippen LogP) is 4.87. The molecule has 0 unspecified atom stereocenters. The lowest BCUT2D eigenvalue weighted by Gasteiger charge is -2.28. The van der Waals surface area contributed by atoms with Crippen LogP contribution in [0.3, 0.4) is 0 Å². The van der Waals surface area contributed by atoms with Gasteiger partial charge in [-0.3, -0.25) is 0 Å². The Bertz CT molecular complexity index is 546. The molecule has 22 heavy (non-hydrogen) atoms. The van der Waals surface area contributed by atoms with E-state index in [4.69, 9.17) is 27.9 Å². The Morgan fingerprint density at radius 1 is 0.818 bits per heavy atom. The molecule has 4 heteroatoms. The SMILES string of the molecule is Clc1ccc(C(OC2CC[N]CC2)c2ccc(Cl)cc2)cc1. The quantitative estimate of drug-likeness (QED) is 0.782. The van der Waals surface area contributed by atoms with Crippen molar-refractivity contribution in [3.8, 4) is 0 Å². The van der Waals surface area contributed by atoms with Gasteiger partial charge < -0.3 is 4.74 Å². The van der Waals surface area contributed by atoms with Crippen molar-refractivity contribution >= 4 is 23.2 Å². The van der Waals surface area contributed by atoms with Crippen LogP contribution in [0.1, 0.15) is 30.1 Å². The van der Waals surface area contributed by atoms with Crippen molar-refractivity contribution < 1.29 is 4.74 Å². The van der Waals surface area contributed by atoms with Gasteiger partial charge in [-0.1, -0.05) is 47.5 Å². The lowest BCUT2D eigenvalue weighted by Crippen LogP contribution is -2.29. The highest BCUT2D eigenvalue weighted by molar-refractivity contribution is 6.30. The molecule has 1 fully saturated rings. The number of piperidine rings is 1. The highest BCUT2D eigenvalue weighted by atomic mass is 35.5. The molecule has 1 aliphatic heterocycles. The Balaban J connectivity index is 1.86. The zero-order chi connectivity index (χ0) is 15.4. The van der Waals surface area contributed by atoms with E-state index in [1.165, 1.54) is 0 Å². The molecule has 115 valence electrons. The van der Waals surface area contributed by atoms with Crippen molar-refractivity contribution in [2.45, 2.75) is 25.0 Å². The predicted molar refractivity (Wildman–Crippen MR) is 90.7 cm³/mol. The fraction of sp³-hybridized carbons (Fsp3) is 0.333. The zero-order valence-corrected chi connectivity index (χ0v) is 13.7. The van der Waals surface area contributed by atoms with E-state index in [-0.39, 0.29) is 12.2 Å². The number of nitrogens with zero attached hydrogens (tertiary/aromatic N) is 1. The third kappa shape index (κ3) is 4.02. The molecule has 1 heterocycles. The van der Waals surface area contributed by atoms with E-state index in [9.17, 15) is 0 Å². The molecule has 0 bridgehead atoms. The lowest BCUT2D eigenvalue weighted by molar-refractivity contribution is -0.00849. The van der Waals surface area contributed by atoms with E-state index < -0.39 is 0 Å². The first kappa shape index (κ1) is 15.8. The Labute approximate surface area is 141 Å². The van der Waals surface area contributed by atoms with Gasteiger partial charge in [-0.15, -0.1) is 0 Å². The molecule has 0 aliphatic carbocycles. The summed E-state index contributed by atoms with van der Waals surface area (Å²) < 4.78 is 6.40. The third-order valence-corrected chi connectivity index (χ3v) is 4.40. The highest BCUT2D eigenvalue weighted by Gasteiger charge is 2.22. The van der Waals surface area contributed by atoms with Crippen LogP contribution in [0.25, 0.3) is 0 Å². The molecule has 1 radical (unpaired) electrons. The van der Waals surface area contributed by atoms with Crippen LogP contribution in [0.15, 0.2) is 48.5 Å². The maximum atomic E-state index is 6.40. The molecule has 0 amide bonds. The Morgan fingerprint density at radius 2 is 1.27 bits per heavy atom. The number of benzene rings is 2. The minimum atomic E-state index is -0.0994. The fourth-order valence-electron chi connectivity index (χ4n) is 2.68. The molecule has 3 rings (SSSR count). The molecule has 0 aromatic heterocycles. The normalized spacial score (nSPS) is 16.1. The van der Waals surface area contributed by atoms with E-state index in [1.807, 2.05) is 48.5 Å². The van der Waals surface area contributed by atoms with Gasteiger partial charge >= 0.3 is 0 Å². The standard InChI is InChI=1S/C18H18Cl2NO/c19-15-5-1-13(2-6-15)18(14-3-7-16(20)8-4-14)22-17-9-11-21-12-10-17/h1-8,17-18H,9-12H2. The second-order valence-electron chi connectivity index (χ2n) is 5.49. The smallest absolute Gasteiger partial charge is 0.108 e. The van der Waals surface area contributed by atoms with Gasteiger partial charge in [0.05, 0.1) is 6.10 Å². The van der Waals surface area contributed by atoms with E-state index in [1.54, 1.807) is 0 Å². The van der Waals surface area contributed by atoms with Crippen molar-refractivity contribution in [1.29, 1.82) is 0 Å². The van der Waals surface area contributed by atoms with Gasteiger partial charge in [0.15, 0.2) is 0 Å². The second-order valence-corrected chi connectivity index (χ2v) is 6.36. The van der Waals surface area contributed by atoms with Crippen molar-refractivity contribution in [3.05, 3.63) is 69.7 Å². The van der Waals surface area contributed by atoms with Gasteiger partial charge in [-0.05, 0) is 48.2 Å². The molecular formula is C18H18Cl2NO. The van der Waals surface area contributed by atoms with Crippen LogP contribution in [0.4, 0.5) is 0 Å². The summed E-state index contributed by atoms with van der Waals surface area (Å²) in [6.07, 6.45) is 2.11. The summed E-state index contributed by atoms with van der Waals surface area (Å²) in [6.45, 7) is 1.78. The van der Waals surface area contributed by atoms with Crippen molar-refractivity contribution in [1.82, 2.24) is 5.32 Å². The lowest BCUT2D eigenvalue weighted by atomic mass is 10.0. The molecule has 2 aromatic carbocycles. The van der Waals surface area contributed by atoms with Crippen LogP contribution < -0.4 is 5.32 Å². The van der Waals surface area contributed by atoms with E-state index in [0.29, 0.717) is 0 Å². The maximum absolute atomic E-state index is 6.40. The molecule has 1 aliphatic rings. The molecule has 0 atom stereocenters. The number of hydrogen-bond acceptors (Lipinski definition) is 1. The summed E-state index contributed by atoms with van der Waals surface area (Å²) >= 11 is 12.0. The minimum Gasteiger partial charge on any atom is -0.365 e. The Morgan fingerprint density at radius 3 is 1.73 bits per heavy atom. The van der Waals surface area contributed by atoms with Crippen LogP contribution in [0.5, 0.6) is 0 Å². The molecular weight excluding hydrogens is 317 g/mol.